The first-order valence-corrected chi connectivity index (χ1v) is 9.76. The first-order chi connectivity index (χ1) is 12.7. The molecular weight excluding hydrogens is 378 g/mol. The zero-order valence-corrected chi connectivity index (χ0v) is 15.0. The molecule has 27 heavy (non-hydrogen) atoms. The maximum atomic E-state index is 12.4. The first-order valence-electron chi connectivity index (χ1n) is 7.94. The summed E-state index contributed by atoms with van der Waals surface area (Å²) in [5.74, 6) is -3.06. The lowest BCUT2D eigenvalue weighted by molar-refractivity contribution is -0.156. The van der Waals surface area contributed by atoms with Gasteiger partial charge in [-0.3, -0.25) is 14.5 Å². The molecule has 2 aliphatic heterocycles. The molecule has 0 aliphatic carbocycles. The zero-order chi connectivity index (χ0) is 19.8. The van der Waals surface area contributed by atoms with Gasteiger partial charge in [0.05, 0.1) is 18.7 Å². The highest BCUT2D eigenvalue weighted by Gasteiger charge is 2.54. The summed E-state index contributed by atoms with van der Waals surface area (Å²) < 4.78 is 27.2. The summed E-state index contributed by atoms with van der Waals surface area (Å²) in [6, 6.07) is 7.39. The molecule has 0 unspecified atom stereocenters. The van der Waals surface area contributed by atoms with Gasteiger partial charge in [0.2, 0.25) is 11.8 Å². The lowest BCUT2D eigenvalue weighted by Gasteiger charge is -2.49. The predicted molar refractivity (Wildman–Crippen MR) is 91.3 cm³/mol. The number of benzene rings is 1. The standard InChI is InChI=1S/C16H17N3O7S/c1-27(24,25)26-14-13(16(22)23)19-10(8-17-14)12(15(19)21)18-11(20)7-9-5-3-2-4-6-9/h2-6,10,12,17H,7-8H2,1H3,(H,18,20)(H,22,23)/t10-,12+/m1/s1. The van der Waals surface area contributed by atoms with Crippen molar-refractivity contribution in [3.8, 4) is 0 Å². The SMILES string of the molecule is CS(=O)(=O)OC1=C(C(=O)O)N2C(=O)[C@@H](NC(=O)Cc3ccccc3)[C@H]2CN1. The second kappa shape index (κ2) is 6.91. The Bertz CT molecular complexity index is 927. The van der Waals surface area contributed by atoms with Gasteiger partial charge in [-0.2, -0.15) is 8.42 Å². The average Bonchev–Trinajstić information content (AvgIpc) is 2.58. The molecule has 2 amide bonds. The van der Waals surface area contributed by atoms with Crippen LogP contribution >= 0.6 is 0 Å². The Morgan fingerprint density at radius 1 is 1.33 bits per heavy atom. The van der Waals surface area contributed by atoms with Gasteiger partial charge in [-0.1, -0.05) is 30.3 Å². The maximum absolute atomic E-state index is 12.4. The third-order valence-electron chi connectivity index (χ3n) is 4.11. The van der Waals surface area contributed by atoms with Gasteiger partial charge in [0, 0.05) is 6.54 Å². The van der Waals surface area contributed by atoms with Crippen molar-refractivity contribution in [2.45, 2.75) is 18.5 Å². The molecule has 2 aliphatic rings. The molecule has 1 aromatic rings. The van der Waals surface area contributed by atoms with Crippen LogP contribution in [-0.4, -0.2) is 61.1 Å². The van der Waals surface area contributed by atoms with Crippen LogP contribution in [-0.2, 0) is 35.1 Å². The van der Waals surface area contributed by atoms with Crippen LogP contribution in [0.25, 0.3) is 0 Å². The Kier molecular flexibility index (Phi) is 4.79. The summed E-state index contributed by atoms with van der Waals surface area (Å²) in [6.45, 7) is 0.0314. The summed E-state index contributed by atoms with van der Waals surface area (Å²) in [5.41, 5.74) is 0.172. The normalized spacial score (nSPS) is 21.7. The van der Waals surface area contributed by atoms with E-state index in [2.05, 4.69) is 14.8 Å². The Hall–Kier alpha value is -3.08. The molecule has 144 valence electrons. The van der Waals surface area contributed by atoms with Crippen molar-refractivity contribution >= 4 is 27.9 Å². The van der Waals surface area contributed by atoms with E-state index < -0.39 is 45.7 Å². The number of aliphatic carboxylic acids is 1. The fourth-order valence-corrected chi connectivity index (χ4v) is 3.45. The molecule has 2 heterocycles. The molecule has 3 rings (SSSR count). The molecule has 0 saturated carbocycles. The van der Waals surface area contributed by atoms with Crippen LogP contribution in [0.2, 0.25) is 0 Å². The van der Waals surface area contributed by atoms with Crippen molar-refractivity contribution in [3.63, 3.8) is 0 Å². The van der Waals surface area contributed by atoms with E-state index in [-0.39, 0.29) is 18.9 Å². The largest absolute Gasteiger partial charge is 0.476 e. The highest BCUT2D eigenvalue weighted by atomic mass is 32.2. The number of fused-ring (bicyclic) bond motifs is 1. The zero-order valence-electron chi connectivity index (χ0n) is 14.2. The van der Waals surface area contributed by atoms with Crippen LogP contribution in [0.3, 0.4) is 0 Å². The lowest BCUT2D eigenvalue weighted by atomic mass is 9.91. The van der Waals surface area contributed by atoms with Gasteiger partial charge < -0.3 is 19.9 Å². The fraction of sp³-hybridized carbons (Fsp3) is 0.312. The number of carbonyl (C=O) groups is 3. The second-order valence-electron chi connectivity index (χ2n) is 6.13. The minimum Gasteiger partial charge on any atom is -0.476 e. The highest BCUT2D eigenvalue weighted by molar-refractivity contribution is 7.86. The molecule has 0 bridgehead atoms. The minimum absolute atomic E-state index is 0.0314. The molecule has 2 atom stereocenters. The van der Waals surface area contributed by atoms with Crippen LogP contribution in [0.4, 0.5) is 0 Å². The molecule has 10 nitrogen and oxygen atoms in total. The Morgan fingerprint density at radius 2 is 2.00 bits per heavy atom. The van der Waals surface area contributed by atoms with E-state index in [0.717, 1.165) is 16.7 Å². The molecule has 1 saturated heterocycles. The summed E-state index contributed by atoms with van der Waals surface area (Å²) in [6.07, 6.45) is 0.840. The van der Waals surface area contributed by atoms with Crippen LogP contribution < -0.4 is 10.6 Å². The third-order valence-corrected chi connectivity index (χ3v) is 4.58. The Balaban J connectivity index is 1.73. The number of hydrogen-bond acceptors (Lipinski definition) is 7. The second-order valence-corrected chi connectivity index (χ2v) is 7.71. The Morgan fingerprint density at radius 3 is 2.59 bits per heavy atom. The van der Waals surface area contributed by atoms with E-state index in [1.807, 2.05) is 6.07 Å². The van der Waals surface area contributed by atoms with Gasteiger partial charge >= 0.3 is 16.1 Å². The predicted octanol–water partition coefficient (Wildman–Crippen LogP) is -1.24. The van der Waals surface area contributed by atoms with Gasteiger partial charge in [-0.15, -0.1) is 0 Å². The van der Waals surface area contributed by atoms with E-state index >= 15 is 0 Å². The van der Waals surface area contributed by atoms with Crippen LogP contribution in [0, 0.1) is 0 Å². The summed E-state index contributed by atoms with van der Waals surface area (Å²) in [4.78, 5) is 37.0. The molecule has 0 spiro atoms. The van der Waals surface area contributed by atoms with Crippen LogP contribution in [0.1, 0.15) is 5.56 Å². The summed E-state index contributed by atoms with van der Waals surface area (Å²) in [5, 5.41) is 14.5. The van der Waals surface area contributed by atoms with Crippen LogP contribution in [0.15, 0.2) is 41.9 Å². The van der Waals surface area contributed by atoms with Crippen molar-refractivity contribution in [1.82, 2.24) is 15.5 Å². The average molecular weight is 395 g/mol. The summed E-state index contributed by atoms with van der Waals surface area (Å²) >= 11 is 0. The van der Waals surface area contributed by atoms with E-state index in [1.54, 1.807) is 24.3 Å². The number of carboxylic acid groups (broad SMARTS) is 1. The third kappa shape index (κ3) is 3.87. The number of carbonyl (C=O) groups excluding carboxylic acids is 2. The van der Waals surface area contributed by atoms with Crippen molar-refractivity contribution in [1.29, 1.82) is 0 Å². The number of carboxylic acids is 1. The van der Waals surface area contributed by atoms with Crippen LogP contribution in [0.5, 0.6) is 0 Å². The first kappa shape index (κ1) is 18.7. The summed E-state index contributed by atoms with van der Waals surface area (Å²) in [7, 11) is -3.98. The lowest BCUT2D eigenvalue weighted by Crippen LogP contribution is -2.75. The number of nitrogens with one attached hydrogen (secondary N) is 2. The maximum Gasteiger partial charge on any atom is 0.358 e. The van der Waals surface area contributed by atoms with Gasteiger partial charge in [-0.05, 0) is 5.56 Å². The topological polar surface area (TPSA) is 142 Å². The molecule has 0 aromatic heterocycles. The Labute approximate surface area is 154 Å². The highest BCUT2D eigenvalue weighted by Crippen LogP contribution is 2.31. The van der Waals surface area contributed by atoms with E-state index in [0.29, 0.717) is 0 Å². The van der Waals surface area contributed by atoms with E-state index in [4.69, 9.17) is 0 Å². The van der Waals surface area contributed by atoms with Crippen molar-refractivity contribution in [2.24, 2.45) is 0 Å². The van der Waals surface area contributed by atoms with E-state index in [1.165, 1.54) is 0 Å². The minimum atomic E-state index is -3.98. The molecular formula is C16H17N3O7S. The molecule has 11 heteroatoms. The van der Waals surface area contributed by atoms with E-state index in [9.17, 15) is 27.9 Å². The van der Waals surface area contributed by atoms with Crippen molar-refractivity contribution < 1.29 is 32.1 Å². The number of amides is 2. The number of hydrogen-bond donors (Lipinski definition) is 3. The number of β-lactam (4-membered cyclic amide) rings is 1. The fourth-order valence-electron chi connectivity index (χ4n) is 3.00. The van der Waals surface area contributed by atoms with Gasteiger partial charge in [0.1, 0.15) is 6.04 Å². The quantitative estimate of drug-likeness (QED) is 0.401. The van der Waals surface area contributed by atoms with Crippen molar-refractivity contribution in [2.75, 3.05) is 12.8 Å². The van der Waals surface area contributed by atoms with Gasteiger partial charge in [0.15, 0.2) is 5.70 Å². The molecule has 0 radical (unpaired) electrons. The molecule has 3 N–H and O–H groups in total. The van der Waals surface area contributed by atoms with Gasteiger partial charge in [-0.25, -0.2) is 4.79 Å². The molecule has 1 aromatic carbocycles. The number of rotatable bonds is 6. The smallest absolute Gasteiger partial charge is 0.358 e. The number of nitrogens with zero attached hydrogens (tertiary/aromatic N) is 1. The molecule has 1 fully saturated rings. The van der Waals surface area contributed by atoms with Crippen molar-refractivity contribution in [3.05, 3.63) is 47.5 Å². The van der Waals surface area contributed by atoms with Gasteiger partial charge in [0.25, 0.3) is 5.91 Å². The monoisotopic (exact) mass is 395 g/mol.